The quantitative estimate of drug-likeness (QED) is 0.173. The standard InChI is InChI=1S/C34H28O6/c35-33(39-21-31-27-15-5-1-11-23(27)24-12-2-6-16-28(24)31)37-19-9-10-20-38-34(36)40-22-32-29-17-7-3-13-25(29)26-14-4-8-18-30(26)32/h1-18,31-32H,19-22H2. The van der Waals surface area contributed by atoms with Gasteiger partial charge in [-0.05, 0) is 56.7 Å². The van der Waals surface area contributed by atoms with Gasteiger partial charge >= 0.3 is 12.3 Å². The van der Waals surface area contributed by atoms with Crippen LogP contribution in [-0.2, 0) is 18.9 Å². The Labute approximate surface area is 232 Å². The molecule has 6 rings (SSSR count). The van der Waals surface area contributed by atoms with Crippen LogP contribution >= 0.6 is 0 Å². The highest BCUT2D eigenvalue weighted by molar-refractivity contribution is 5.80. The van der Waals surface area contributed by atoms with Crippen molar-refractivity contribution in [3.05, 3.63) is 131 Å². The molecule has 0 bridgehead atoms. The number of carbonyl (C=O) groups is 2. The van der Waals surface area contributed by atoms with Gasteiger partial charge in [-0.15, -0.1) is 0 Å². The van der Waals surface area contributed by atoms with Crippen molar-refractivity contribution in [2.24, 2.45) is 0 Å². The van der Waals surface area contributed by atoms with Gasteiger partial charge in [-0.25, -0.2) is 9.59 Å². The molecule has 4 aromatic carbocycles. The Morgan fingerprint density at radius 1 is 0.475 bits per heavy atom. The van der Waals surface area contributed by atoms with Crippen molar-refractivity contribution in [3.8, 4) is 22.3 Å². The zero-order valence-corrected chi connectivity index (χ0v) is 21.8. The van der Waals surface area contributed by atoms with Crippen LogP contribution in [0.15, 0.2) is 109 Å². The maximum Gasteiger partial charge on any atom is 0.508 e. The Hall–Kier alpha value is -4.84. The molecule has 0 saturated carbocycles. The molecule has 0 fully saturated rings. The number of ether oxygens (including phenoxy) is 4. The molecule has 0 radical (unpaired) electrons. The third-order valence-corrected chi connectivity index (χ3v) is 7.42. The first-order valence-corrected chi connectivity index (χ1v) is 13.3. The van der Waals surface area contributed by atoms with Crippen molar-refractivity contribution in [1.82, 2.24) is 0 Å². The molecule has 0 atom stereocenters. The number of carbonyl (C=O) groups excluding carboxylic acids is 2. The zero-order chi connectivity index (χ0) is 27.3. The maximum absolute atomic E-state index is 12.2. The first kappa shape index (κ1) is 25.4. The fraction of sp³-hybridized carbons (Fsp3) is 0.176. The van der Waals surface area contributed by atoms with Crippen LogP contribution < -0.4 is 0 Å². The monoisotopic (exact) mass is 532 g/mol. The molecule has 0 unspecified atom stereocenters. The van der Waals surface area contributed by atoms with Gasteiger partial charge in [0.25, 0.3) is 0 Å². The van der Waals surface area contributed by atoms with E-state index in [0.29, 0.717) is 0 Å². The van der Waals surface area contributed by atoms with Gasteiger partial charge in [-0.2, -0.15) is 0 Å². The number of rotatable bonds is 8. The van der Waals surface area contributed by atoms with E-state index in [9.17, 15) is 9.59 Å². The number of benzene rings is 4. The summed E-state index contributed by atoms with van der Waals surface area (Å²) in [7, 11) is 0. The molecule has 0 N–H and O–H groups in total. The summed E-state index contributed by atoms with van der Waals surface area (Å²) in [6.45, 7) is 0.401. The second-order valence-corrected chi connectivity index (χ2v) is 9.67. The summed E-state index contributed by atoms with van der Waals surface area (Å²) >= 11 is 0. The molecule has 0 heterocycles. The number of fused-ring (bicyclic) bond motifs is 6. The molecule has 2 aliphatic carbocycles. The lowest BCUT2D eigenvalue weighted by Crippen LogP contribution is -2.14. The lowest BCUT2D eigenvalue weighted by molar-refractivity contribution is 0.0580. The zero-order valence-electron chi connectivity index (χ0n) is 21.8. The van der Waals surface area contributed by atoms with E-state index in [1.165, 1.54) is 22.3 Å². The van der Waals surface area contributed by atoms with E-state index in [2.05, 4.69) is 48.5 Å². The summed E-state index contributed by atoms with van der Waals surface area (Å²) in [5.41, 5.74) is 9.23. The van der Waals surface area contributed by atoms with E-state index < -0.39 is 12.3 Å². The lowest BCUT2D eigenvalue weighted by Gasteiger charge is -2.14. The first-order valence-electron chi connectivity index (χ1n) is 13.3. The van der Waals surface area contributed by atoms with E-state index in [1.807, 2.05) is 48.5 Å². The Morgan fingerprint density at radius 2 is 0.775 bits per heavy atom. The Kier molecular flexibility index (Phi) is 7.31. The number of hydrogen-bond donors (Lipinski definition) is 0. The molecule has 0 spiro atoms. The highest BCUT2D eigenvalue weighted by Crippen LogP contribution is 2.45. The summed E-state index contributed by atoms with van der Waals surface area (Å²) < 4.78 is 21.1. The van der Waals surface area contributed by atoms with Crippen LogP contribution in [0.4, 0.5) is 9.59 Å². The molecule has 0 aliphatic heterocycles. The van der Waals surface area contributed by atoms with Gasteiger partial charge in [0.1, 0.15) is 26.4 Å². The van der Waals surface area contributed by atoms with Gasteiger partial charge in [0.2, 0.25) is 0 Å². The van der Waals surface area contributed by atoms with Gasteiger partial charge in [0, 0.05) is 11.8 Å². The average Bonchev–Trinajstić information content (AvgIpc) is 3.49. The Bertz CT molecular complexity index is 1360. The molecular weight excluding hydrogens is 504 g/mol. The predicted octanol–water partition coefficient (Wildman–Crippen LogP) is 7.47. The summed E-state index contributed by atoms with van der Waals surface area (Å²) in [6, 6.07) is 32.6. The van der Waals surface area contributed by atoms with Crippen molar-refractivity contribution in [2.45, 2.75) is 11.8 Å². The second kappa shape index (κ2) is 11.5. The Balaban J connectivity index is 0.919. The Morgan fingerprint density at radius 3 is 1.10 bits per heavy atom. The van der Waals surface area contributed by atoms with Gasteiger partial charge in [0.15, 0.2) is 0 Å². The average molecular weight is 533 g/mol. The van der Waals surface area contributed by atoms with Crippen LogP contribution in [0, 0.1) is 0 Å². The second-order valence-electron chi connectivity index (χ2n) is 9.67. The predicted molar refractivity (Wildman–Crippen MR) is 151 cm³/mol. The lowest BCUT2D eigenvalue weighted by atomic mass is 9.98. The topological polar surface area (TPSA) is 71.1 Å². The van der Waals surface area contributed by atoms with E-state index in [-0.39, 0.29) is 38.3 Å². The van der Waals surface area contributed by atoms with Crippen LogP contribution in [0.3, 0.4) is 0 Å². The fourth-order valence-corrected chi connectivity index (χ4v) is 5.63. The molecule has 40 heavy (non-hydrogen) atoms. The van der Waals surface area contributed by atoms with Crippen LogP contribution in [0.5, 0.6) is 0 Å². The highest BCUT2D eigenvalue weighted by Gasteiger charge is 2.30. The largest absolute Gasteiger partial charge is 0.508 e. The molecule has 200 valence electrons. The van der Waals surface area contributed by atoms with Gasteiger partial charge < -0.3 is 18.9 Å². The van der Waals surface area contributed by atoms with Gasteiger partial charge in [-0.3, -0.25) is 0 Å². The van der Waals surface area contributed by atoms with Gasteiger partial charge in [-0.1, -0.05) is 97.1 Å². The van der Waals surface area contributed by atoms with Crippen molar-refractivity contribution < 1.29 is 28.5 Å². The summed E-state index contributed by atoms with van der Waals surface area (Å²) in [6.07, 6.45) is 1.70. The number of hydrogen-bond acceptors (Lipinski definition) is 6. The van der Waals surface area contributed by atoms with Crippen molar-refractivity contribution in [3.63, 3.8) is 0 Å². The van der Waals surface area contributed by atoms with Gasteiger partial charge in [0.05, 0.1) is 0 Å². The summed E-state index contributed by atoms with van der Waals surface area (Å²) in [5.74, 6) is -0.0535. The minimum atomic E-state index is -0.746. The minimum absolute atomic E-state index is 0.00469. The summed E-state index contributed by atoms with van der Waals surface area (Å²) in [5, 5.41) is 0. The fourth-order valence-electron chi connectivity index (χ4n) is 5.63. The maximum atomic E-state index is 12.2. The van der Waals surface area contributed by atoms with Crippen molar-refractivity contribution in [1.29, 1.82) is 0 Å². The van der Waals surface area contributed by atoms with Crippen LogP contribution in [0.2, 0.25) is 0 Å². The SMILES string of the molecule is O=C(OCC=CCOC(=O)OCC1c2ccccc2-c2ccccc21)OCC1c2ccccc2-c2ccccc21. The minimum Gasteiger partial charge on any atom is -0.433 e. The molecule has 0 amide bonds. The molecular formula is C34H28O6. The van der Waals surface area contributed by atoms with Crippen LogP contribution in [0.25, 0.3) is 22.3 Å². The molecule has 0 aromatic heterocycles. The van der Waals surface area contributed by atoms with E-state index >= 15 is 0 Å². The molecule has 4 aromatic rings. The molecule has 0 saturated heterocycles. The van der Waals surface area contributed by atoms with E-state index in [4.69, 9.17) is 18.9 Å². The molecule has 6 heteroatoms. The smallest absolute Gasteiger partial charge is 0.433 e. The van der Waals surface area contributed by atoms with Crippen molar-refractivity contribution in [2.75, 3.05) is 26.4 Å². The highest BCUT2D eigenvalue weighted by atomic mass is 16.7. The summed E-state index contributed by atoms with van der Waals surface area (Å²) in [4.78, 5) is 24.3. The van der Waals surface area contributed by atoms with Crippen LogP contribution in [-0.4, -0.2) is 38.7 Å². The molecule has 2 aliphatic rings. The van der Waals surface area contributed by atoms with Crippen LogP contribution in [0.1, 0.15) is 34.1 Å². The third-order valence-electron chi connectivity index (χ3n) is 7.42. The third kappa shape index (κ3) is 5.08. The normalized spacial score (nSPS) is 13.3. The van der Waals surface area contributed by atoms with Crippen molar-refractivity contribution >= 4 is 12.3 Å². The first-order chi connectivity index (χ1) is 19.7. The molecule has 6 nitrogen and oxygen atoms in total. The van der Waals surface area contributed by atoms with E-state index in [1.54, 1.807) is 12.2 Å². The van der Waals surface area contributed by atoms with E-state index in [0.717, 1.165) is 22.3 Å².